The summed E-state index contributed by atoms with van der Waals surface area (Å²) in [4.78, 5) is 18.5. The van der Waals surface area contributed by atoms with Crippen LogP contribution in [0.5, 0.6) is 0 Å². The van der Waals surface area contributed by atoms with Crippen molar-refractivity contribution >= 4 is 22.2 Å². The quantitative estimate of drug-likeness (QED) is 0.849. The average Bonchev–Trinajstić information content (AvgIpc) is 3.33. The molecule has 0 unspecified atom stereocenters. The van der Waals surface area contributed by atoms with E-state index >= 15 is 0 Å². The molecule has 0 spiro atoms. The molecule has 132 valence electrons. The van der Waals surface area contributed by atoms with Crippen LogP contribution in [0.3, 0.4) is 0 Å². The molecule has 2 aliphatic carbocycles. The Kier molecular flexibility index (Phi) is 4.46. The van der Waals surface area contributed by atoms with Gasteiger partial charge in [-0.1, -0.05) is 25.1 Å². The van der Waals surface area contributed by atoms with Gasteiger partial charge in [0.15, 0.2) is 5.82 Å². The van der Waals surface area contributed by atoms with Gasteiger partial charge in [-0.2, -0.15) is 4.98 Å². The monoisotopic (exact) mass is 357 g/mol. The number of hydrogen-bond donors (Lipinski definition) is 1. The number of anilines is 1. The number of carbonyl (C=O) groups excluding carboxylic acids is 1. The molecule has 0 aromatic carbocycles. The molecule has 25 heavy (non-hydrogen) atoms. The highest BCUT2D eigenvalue weighted by Crippen LogP contribution is 2.44. The van der Waals surface area contributed by atoms with Gasteiger partial charge in [0, 0.05) is 16.4 Å². The zero-order valence-electron chi connectivity index (χ0n) is 14.7. The molecule has 2 aliphatic rings. The summed E-state index contributed by atoms with van der Waals surface area (Å²) in [5, 5.41) is 8.11. The molecule has 0 atom stereocenters. The van der Waals surface area contributed by atoms with Gasteiger partial charge in [-0.05, 0) is 50.5 Å². The summed E-state index contributed by atoms with van der Waals surface area (Å²) >= 11 is 1.67. The van der Waals surface area contributed by atoms with Gasteiger partial charge >= 0.3 is 0 Å². The Morgan fingerprint density at radius 2 is 2.08 bits per heavy atom. The molecular formula is C19H23N3O2S. The molecule has 2 heterocycles. The molecular weight excluding hydrogens is 334 g/mol. The first-order valence-corrected chi connectivity index (χ1v) is 9.94. The van der Waals surface area contributed by atoms with E-state index in [0.29, 0.717) is 11.7 Å². The summed E-state index contributed by atoms with van der Waals surface area (Å²) in [5.41, 5.74) is 3.13. The van der Waals surface area contributed by atoms with Crippen molar-refractivity contribution < 1.29 is 9.32 Å². The Labute approximate surface area is 151 Å². The Hall–Kier alpha value is -1.95. The standard InChI is InChI=1S/C19H23N3O2S/c1-11(2)16-20-18(24-22-16)15-13-9-5-6-10-14(13)25-19(15)21-17(23)12-7-3-4-8-12/h7,11H,3-6,8-10H2,1-2H3,(H,21,23). The van der Waals surface area contributed by atoms with Gasteiger partial charge in [-0.25, -0.2) is 0 Å². The number of thiophene rings is 1. The summed E-state index contributed by atoms with van der Waals surface area (Å²) in [6, 6.07) is 0. The highest BCUT2D eigenvalue weighted by molar-refractivity contribution is 7.17. The Morgan fingerprint density at radius 3 is 2.80 bits per heavy atom. The first-order chi connectivity index (χ1) is 12.1. The number of allylic oxidation sites excluding steroid dienone is 1. The van der Waals surface area contributed by atoms with Crippen molar-refractivity contribution in [3.63, 3.8) is 0 Å². The molecule has 1 amide bonds. The molecule has 0 radical (unpaired) electrons. The van der Waals surface area contributed by atoms with Crippen molar-refractivity contribution in [2.24, 2.45) is 0 Å². The molecule has 1 N–H and O–H groups in total. The van der Waals surface area contributed by atoms with E-state index in [9.17, 15) is 4.79 Å². The number of aromatic nitrogens is 2. The highest BCUT2D eigenvalue weighted by Gasteiger charge is 2.27. The molecule has 6 heteroatoms. The number of aryl methyl sites for hydroxylation is 1. The summed E-state index contributed by atoms with van der Waals surface area (Å²) < 4.78 is 5.56. The van der Waals surface area contributed by atoms with Crippen LogP contribution in [0.1, 0.15) is 68.1 Å². The average molecular weight is 357 g/mol. The summed E-state index contributed by atoms with van der Waals surface area (Å²) in [7, 11) is 0. The fourth-order valence-corrected chi connectivity index (χ4v) is 4.79. The van der Waals surface area contributed by atoms with Crippen LogP contribution in [-0.2, 0) is 17.6 Å². The molecule has 2 aromatic rings. The lowest BCUT2D eigenvalue weighted by atomic mass is 9.95. The van der Waals surface area contributed by atoms with Crippen molar-refractivity contribution in [2.75, 3.05) is 5.32 Å². The molecule has 0 saturated carbocycles. The fourth-order valence-electron chi connectivity index (χ4n) is 3.51. The smallest absolute Gasteiger partial charge is 0.261 e. The second-order valence-corrected chi connectivity index (χ2v) is 8.21. The minimum Gasteiger partial charge on any atom is -0.334 e. The zero-order valence-corrected chi connectivity index (χ0v) is 15.5. The van der Waals surface area contributed by atoms with Crippen LogP contribution in [0.4, 0.5) is 5.00 Å². The maximum absolute atomic E-state index is 12.6. The van der Waals surface area contributed by atoms with Crippen LogP contribution >= 0.6 is 11.3 Å². The first kappa shape index (κ1) is 16.5. The zero-order chi connectivity index (χ0) is 17.4. The van der Waals surface area contributed by atoms with E-state index in [4.69, 9.17) is 4.52 Å². The Morgan fingerprint density at radius 1 is 1.24 bits per heavy atom. The third-order valence-corrected chi connectivity index (χ3v) is 6.11. The van der Waals surface area contributed by atoms with Crippen LogP contribution in [0, 0.1) is 0 Å². The summed E-state index contributed by atoms with van der Waals surface area (Å²) in [5.74, 6) is 1.48. The van der Waals surface area contributed by atoms with E-state index in [1.165, 1.54) is 23.3 Å². The van der Waals surface area contributed by atoms with Crippen LogP contribution in [0.2, 0.25) is 0 Å². The maximum atomic E-state index is 12.6. The maximum Gasteiger partial charge on any atom is 0.261 e. The van der Waals surface area contributed by atoms with Gasteiger partial charge in [-0.15, -0.1) is 11.3 Å². The fraction of sp³-hybridized carbons (Fsp3) is 0.526. The van der Waals surface area contributed by atoms with Crippen LogP contribution in [0.25, 0.3) is 11.5 Å². The number of fused-ring (bicyclic) bond motifs is 1. The molecule has 0 bridgehead atoms. The number of rotatable bonds is 4. The number of nitrogens with one attached hydrogen (secondary N) is 1. The van der Waals surface area contributed by atoms with Gasteiger partial charge in [0.25, 0.3) is 11.8 Å². The molecule has 0 aliphatic heterocycles. The van der Waals surface area contributed by atoms with E-state index < -0.39 is 0 Å². The third kappa shape index (κ3) is 3.15. The number of nitrogens with zero attached hydrogens (tertiary/aromatic N) is 2. The molecule has 4 rings (SSSR count). The molecule has 0 saturated heterocycles. The summed E-state index contributed by atoms with van der Waals surface area (Å²) in [6.07, 6.45) is 9.43. The van der Waals surface area contributed by atoms with Crippen molar-refractivity contribution in [1.82, 2.24) is 10.1 Å². The topological polar surface area (TPSA) is 68.0 Å². The largest absolute Gasteiger partial charge is 0.334 e. The molecule has 0 fully saturated rings. The van der Waals surface area contributed by atoms with Crippen LogP contribution in [0.15, 0.2) is 16.2 Å². The minimum absolute atomic E-state index is 0.0148. The van der Waals surface area contributed by atoms with E-state index in [1.807, 2.05) is 19.9 Å². The van der Waals surface area contributed by atoms with Crippen molar-refractivity contribution in [3.05, 3.63) is 27.9 Å². The lowest BCUT2D eigenvalue weighted by Gasteiger charge is -2.11. The van der Waals surface area contributed by atoms with E-state index in [2.05, 4.69) is 15.5 Å². The Balaban J connectivity index is 1.72. The van der Waals surface area contributed by atoms with E-state index in [-0.39, 0.29) is 11.8 Å². The predicted octanol–water partition coefficient (Wildman–Crippen LogP) is 4.85. The van der Waals surface area contributed by atoms with Crippen molar-refractivity contribution in [2.45, 2.75) is 64.7 Å². The normalized spacial score (nSPS) is 16.8. The van der Waals surface area contributed by atoms with Crippen LogP contribution < -0.4 is 5.32 Å². The van der Waals surface area contributed by atoms with Gasteiger partial charge in [-0.3, -0.25) is 4.79 Å². The van der Waals surface area contributed by atoms with Gasteiger partial charge in [0.1, 0.15) is 5.00 Å². The van der Waals surface area contributed by atoms with Crippen molar-refractivity contribution in [1.29, 1.82) is 0 Å². The van der Waals surface area contributed by atoms with Crippen LogP contribution in [-0.4, -0.2) is 16.0 Å². The first-order valence-electron chi connectivity index (χ1n) is 9.12. The summed E-state index contributed by atoms with van der Waals surface area (Å²) in [6.45, 7) is 4.10. The highest BCUT2D eigenvalue weighted by atomic mass is 32.1. The molecule has 5 nitrogen and oxygen atoms in total. The van der Waals surface area contributed by atoms with Crippen molar-refractivity contribution in [3.8, 4) is 11.5 Å². The third-order valence-electron chi connectivity index (χ3n) is 4.90. The minimum atomic E-state index is 0.0148. The van der Waals surface area contributed by atoms with E-state index in [1.54, 1.807) is 11.3 Å². The SMILES string of the molecule is CC(C)c1noc(-c2c(NC(=O)C3=CCCC3)sc3c2CCCC3)n1. The number of carbonyl (C=O) groups is 1. The molecule has 2 aromatic heterocycles. The van der Waals surface area contributed by atoms with Gasteiger partial charge in [0.2, 0.25) is 0 Å². The second-order valence-electron chi connectivity index (χ2n) is 7.10. The van der Waals surface area contributed by atoms with Gasteiger partial charge < -0.3 is 9.84 Å². The number of amides is 1. The lowest BCUT2D eigenvalue weighted by Crippen LogP contribution is -2.13. The second kappa shape index (κ2) is 6.75. The number of hydrogen-bond acceptors (Lipinski definition) is 5. The van der Waals surface area contributed by atoms with E-state index in [0.717, 1.165) is 48.2 Å². The Bertz CT molecular complexity index is 832. The lowest BCUT2D eigenvalue weighted by molar-refractivity contribution is -0.112. The van der Waals surface area contributed by atoms with Gasteiger partial charge in [0.05, 0.1) is 5.56 Å². The predicted molar refractivity (Wildman–Crippen MR) is 98.9 cm³/mol.